The summed E-state index contributed by atoms with van der Waals surface area (Å²) in [4.78, 5) is 0. The molecule has 0 aliphatic heterocycles. The van der Waals surface area contributed by atoms with E-state index in [0.29, 0.717) is 5.92 Å². The zero-order chi connectivity index (χ0) is 8.48. The lowest BCUT2D eigenvalue weighted by atomic mass is 9.68. The monoisotopic (exact) mass is 157 g/mol. The fraction of sp³-hybridized carbons (Fsp3) is 1.00. The van der Waals surface area contributed by atoms with Crippen molar-refractivity contribution >= 4 is 0 Å². The van der Waals surface area contributed by atoms with Crippen LogP contribution in [0.15, 0.2) is 0 Å². The normalized spacial score (nSPS) is 39.8. The SMILES string of the molecule is CCCC(C)C1(O)CC(N)C1. The van der Waals surface area contributed by atoms with Gasteiger partial charge < -0.3 is 10.8 Å². The number of nitrogens with two attached hydrogens (primary N) is 1. The van der Waals surface area contributed by atoms with E-state index in [1.807, 2.05) is 0 Å². The quantitative estimate of drug-likeness (QED) is 0.648. The van der Waals surface area contributed by atoms with Gasteiger partial charge in [0.1, 0.15) is 0 Å². The molecule has 1 unspecified atom stereocenters. The van der Waals surface area contributed by atoms with Crippen LogP contribution in [0.2, 0.25) is 0 Å². The van der Waals surface area contributed by atoms with Gasteiger partial charge in [0, 0.05) is 6.04 Å². The van der Waals surface area contributed by atoms with Crippen LogP contribution in [-0.2, 0) is 0 Å². The third-order valence-electron chi connectivity index (χ3n) is 2.87. The second-order valence-corrected chi connectivity index (χ2v) is 3.96. The molecule has 3 N–H and O–H groups in total. The Morgan fingerprint density at radius 3 is 2.55 bits per heavy atom. The van der Waals surface area contributed by atoms with Crippen LogP contribution in [-0.4, -0.2) is 16.7 Å². The first-order chi connectivity index (χ1) is 5.08. The molecule has 2 heteroatoms. The fourth-order valence-electron chi connectivity index (χ4n) is 1.95. The largest absolute Gasteiger partial charge is 0.389 e. The lowest BCUT2D eigenvalue weighted by Crippen LogP contribution is -2.55. The molecule has 2 nitrogen and oxygen atoms in total. The molecular formula is C9H19NO. The predicted molar refractivity (Wildman–Crippen MR) is 46.2 cm³/mol. The van der Waals surface area contributed by atoms with Crippen LogP contribution in [0.25, 0.3) is 0 Å². The molecule has 1 rings (SSSR count). The van der Waals surface area contributed by atoms with Crippen molar-refractivity contribution in [3.63, 3.8) is 0 Å². The van der Waals surface area contributed by atoms with Crippen LogP contribution in [0.1, 0.15) is 39.5 Å². The van der Waals surface area contributed by atoms with E-state index in [-0.39, 0.29) is 6.04 Å². The highest BCUT2D eigenvalue weighted by Crippen LogP contribution is 2.39. The smallest absolute Gasteiger partial charge is 0.0702 e. The number of hydrogen-bond donors (Lipinski definition) is 2. The molecule has 0 aromatic carbocycles. The van der Waals surface area contributed by atoms with Crippen molar-refractivity contribution in [2.75, 3.05) is 0 Å². The highest BCUT2D eigenvalue weighted by molar-refractivity contribution is 4.99. The molecule has 1 saturated carbocycles. The van der Waals surface area contributed by atoms with Crippen LogP contribution in [0, 0.1) is 5.92 Å². The number of rotatable bonds is 3. The van der Waals surface area contributed by atoms with Crippen molar-refractivity contribution in [3.05, 3.63) is 0 Å². The first kappa shape index (κ1) is 9.01. The first-order valence-corrected chi connectivity index (χ1v) is 4.56. The molecule has 0 bridgehead atoms. The second-order valence-electron chi connectivity index (χ2n) is 3.96. The third kappa shape index (κ3) is 1.74. The van der Waals surface area contributed by atoms with E-state index in [1.54, 1.807) is 0 Å². The molecule has 0 aromatic heterocycles. The molecule has 1 aliphatic rings. The van der Waals surface area contributed by atoms with Gasteiger partial charge in [-0.05, 0) is 25.2 Å². The van der Waals surface area contributed by atoms with E-state index < -0.39 is 5.60 Å². The Balaban J connectivity index is 2.34. The Morgan fingerprint density at radius 1 is 1.64 bits per heavy atom. The topological polar surface area (TPSA) is 46.2 Å². The first-order valence-electron chi connectivity index (χ1n) is 4.56. The summed E-state index contributed by atoms with van der Waals surface area (Å²) in [5.41, 5.74) is 5.21. The highest BCUT2D eigenvalue weighted by Gasteiger charge is 2.44. The van der Waals surface area contributed by atoms with E-state index in [1.165, 1.54) is 0 Å². The van der Waals surface area contributed by atoms with Crippen LogP contribution in [0.4, 0.5) is 0 Å². The maximum Gasteiger partial charge on any atom is 0.0702 e. The molecule has 0 spiro atoms. The molecule has 66 valence electrons. The molecular weight excluding hydrogens is 138 g/mol. The summed E-state index contributed by atoms with van der Waals surface area (Å²) < 4.78 is 0. The summed E-state index contributed by atoms with van der Waals surface area (Å²) in [6.45, 7) is 4.27. The average molecular weight is 157 g/mol. The maximum atomic E-state index is 9.90. The summed E-state index contributed by atoms with van der Waals surface area (Å²) in [5.74, 6) is 0.423. The van der Waals surface area contributed by atoms with Gasteiger partial charge in [0.05, 0.1) is 5.60 Å². The molecule has 1 atom stereocenters. The summed E-state index contributed by atoms with van der Waals surface area (Å²) in [6, 6.07) is 0.249. The van der Waals surface area contributed by atoms with Gasteiger partial charge in [-0.1, -0.05) is 20.3 Å². The van der Waals surface area contributed by atoms with Crippen molar-refractivity contribution in [1.29, 1.82) is 0 Å². The standard InChI is InChI=1S/C9H19NO/c1-3-4-7(2)9(11)5-8(10)6-9/h7-8,11H,3-6,10H2,1-2H3. The summed E-state index contributed by atoms with van der Waals surface area (Å²) in [6.07, 6.45) is 3.87. The van der Waals surface area contributed by atoms with Gasteiger partial charge in [-0.3, -0.25) is 0 Å². The van der Waals surface area contributed by atoms with Crippen LogP contribution >= 0.6 is 0 Å². The van der Waals surface area contributed by atoms with E-state index in [4.69, 9.17) is 5.73 Å². The van der Waals surface area contributed by atoms with Crippen molar-refractivity contribution < 1.29 is 5.11 Å². The van der Waals surface area contributed by atoms with Crippen LogP contribution in [0.3, 0.4) is 0 Å². The molecule has 0 aromatic rings. The van der Waals surface area contributed by atoms with Gasteiger partial charge in [-0.25, -0.2) is 0 Å². The lowest BCUT2D eigenvalue weighted by Gasteiger charge is -2.46. The van der Waals surface area contributed by atoms with Gasteiger partial charge in [-0.2, -0.15) is 0 Å². The predicted octanol–water partition coefficient (Wildman–Crippen LogP) is 1.27. The Hall–Kier alpha value is -0.0800. The molecule has 0 amide bonds. The number of aliphatic hydroxyl groups is 1. The van der Waals surface area contributed by atoms with E-state index in [9.17, 15) is 5.11 Å². The average Bonchev–Trinajstić information content (AvgIpc) is 1.85. The Labute approximate surface area is 68.8 Å². The van der Waals surface area contributed by atoms with E-state index in [2.05, 4.69) is 13.8 Å². The van der Waals surface area contributed by atoms with Gasteiger partial charge in [0.2, 0.25) is 0 Å². The Bertz CT molecular complexity index is 130. The van der Waals surface area contributed by atoms with Gasteiger partial charge in [-0.15, -0.1) is 0 Å². The van der Waals surface area contributed by atoms with Crippen molar-refractivity contribution in [2.45, 2.75) is 51.2 Å². The highest BCUT2D eigenvalue weighted by atomic mass is 16.3. The summed E-state index contributed by atoms with van der Waals surface area (Å²) in [7, 11) is 0. The van der Waals surface area contributed by atoms with Crippen LogP contribution < -0.4 is 5.73 Å². The van der Waals surface area contributed by atoms with Crippen molar-refractivity contribution in [3.8, 4) is 0 Å². The van der Waals surface area contributed by atoms with Crippen molar-refractivity contribution in [1.82, 2.24) is 0 Å². The molecule has 1 fully saturated rings. The van der Waals surface area contributed by atoms with E-state index >= 15 is 0 Å². The third-order valence-corrected chi connectivity index (χ3v) is 2.87. The molecule has 0 radical (unpaired) electrons. The van der Waals surface area contributed by atoms with Gasteiger partial charge >= 0.3 is 0 Å². The molecule has 11 heavy (non-hydrogen) atoms. The van der Waals surface area contributed by atoms with Gasteiger partial charge in [0.15, 0.2) is 0 Å². The lowest BCUT2D eigenvalue weighted by molar-refractivity contribution is -0.0912. The molecule has 0 heterocycles. The zero-order valence-electron chi connectivity index (χ0n) is 7.51. The summed E-state index contributed by atoms with van der Waals surface area (Å²) in [5, 5.41) is 9.90. The Kier molecular flexibility index (Phi) is 2.55. The minimum absolute atomic E-state index is 0.249. The van der Waals surface area contributed by atoms with Crippen molar-refractivity contribution in [2.24, 2.45) is 11.7 Å². The van der Waals surface area contributed by atoms with E-state index in [0.717, 1.165) is 25.7 Å². The summed E-state index contributed by atoms with van der Waals surface area (Å²) >= 11 is 0. The molecule has 0 saturated heterocycles. The molecule has 1 aliphatic carbocycles. The minimum atomic E-state index is -0.421. The minimum Gasteiger partial charge on any atom is -0.389 e. The zero-order valence-corrected chi connectivity index (χ0v) is 7.51. The maximum absolute atomic E-state index is 9.90. The number of hydrogen-bond acceptors (Lipinski definition) is 2. The second kappa shape index (κ2) is 3.11. The fourth-order valence-corrected chi connectivity index (χ4v) is 1.95. The van der Waals surface area contributed by atoms with Crippen LogP contribution in [0.5, 0.6) is 0 Å². The van der Waals surface area contributed by atoms with Gasteiger partial charge in [0.25, 0.3) is 0 Å². The Morgan fingerprint density at radius 2 is 2.18 bits per heavy atom.